The van der Waals surface area contributed by atoms with Crippen molar-refractivity contribution in [2.45, 2.75) is 70.1 Å². The van der Waals surface area contributed by atoms with Crippen molar-refractivity contribution in [1.82, 2.24) is 10.6 Å². The Kier molecular flexibility index (Phi) is 6.31. The predicted molar refractivity (Wildman–Crippen MR) is 73.9 cm³/mol. The van der Waals surface area contributed by atoms with Gasteiger partial charge in [0.25, 0.3) is 0 Å². The van der Waals surface area contributed by atoms with Crippen molar-refractivity contribution in [3.63, 3.8) is 0 Å². The van der Waals surface area contributed by atoms with E-state index in [1.165, 1.54) is 0 Å². The van der Waals surface area contributed by atoms with E-state index in [0.29, 0.717) is 19.3 Å². The minimum atomic E-state index is -4.20. The zero-order valence-electron chi connectivity index (χ0n) is 12.6. The van der Waals surface area contributed by atoms with Gasteiger partial charge in [0, 0.05) is 6.04 Å². The third kappa shape index (κ3) is 5.73. The summed E-state index contributed by atoms with van der Waals surface area (Å²) < 4.78 is 38.2. The molecule has 7 heteroatoms. The fourth-order valence-corrected chi connectivity index (χ4v) is 2.85. The van der Waals surface area contributed by atoms with E-state index in [1.807, 2.05) is 6.92 Å². The number of urea groups is 1. The molecule has 3 unspecified atom stereocenters. The highest BCUT2D eigenvalue weighted by Crippen LogP contribution is 2.37. The highest BCUT2D eigenvalue weighted by Gasteiger charge is 2.42. The molecule has 0 spiro atoms. The number of alkyl halides is 3. The van der Waals surface area contributed by atoms with E-state index in [2.05, 4.69) is 10.6 Å². The summed E-state index contributed by atoms with van der Waals surface area (Å²) in [6.45, 7) is 3.45. The number of nitrogens with one attached hydrogen (secondary N) is 2. The number of aliphatic hydroxyl groups is 1. The second kappa shape index (κ2) is 7.33. The first-order chi connectivity index (χ1) is 9.70. The maximum absolute atomic E-state index is 12.7. The normalized spacial score (nSPS) is 26.0. The first kappa shape index (κ1) is 18.1. The zero-order chi connectivity index (χ0) is 16.1. The molecule has 0 aromatic heterocycles. The Labute approximate surface area is 123 Å². The Bertz CT molecular complexity index is 350. The third-order valence-corrected chi connectivity index (χ3v) is 4.04. The van der Waals surface area contributed by atoms with Crippen molar-refractivity contribution in [1.29, 1.82) is 0 Å². The minimum Gasteiger partial charge on any atom is -0.394 e. The van der Waals surface area contributed by atoms with E-state index in [9.17, 15) is 23.1 Å². The van der Waals surface area contributed by atoms with Gasteiger partial charge in [0.15, 0.2) is 0 Å². The van der Waals surface area contributed by atoms with Gasteiger partial charge in [-0.25, -0.2) is 4.79 Å². The van der Waals surface area contributed by atoms with Crippen molar-refractivity contribution in [2.75, 3.05) is 6.61 Å². The molecule has 0 bridgehead atoms. The van der Waals surface area contributed by atoms with Crippen LogP contribution in [0.25, 0.3) is 0 Å². The van der Waals surface area contributed by atoms with Crippen molar-refractivity contribution >= 4 is 6.03 Å². The van der Waals surface area contributed by atoms with E-state index < -0.39 is 29.7 Å². The summed E-state index contributed by atoms with van der Waals surface area (Å²) >= 11 is 0. The lowest BCUT2D eigenvalue weighted by Gasteiger charge is -2.33. The average molecular weight is 310 g/mol. The maximum atomic E-state index is 12.7. The molecule has 3 atom stereocenters. The van der Waals surface area contributed by atoms with E-state index in [4.69, 9.17) is 0 Å². The molecule has 0 saturated heterocycles. The molecule has 3 N–H and O–H groups in total. The number of hydrogen-bond acceptors (Lipinski definition) is 2. The molecular weight excluding hydrogens is 285 g/mol. The molecule has 0 aromatic carbocycles. The molecule has 0 aliphatic heterocycles. The summed E-state index contributed by atoms with van der Waals surface area (Å²) in [5.41, 5.74) is -0.739. The van der Waals surface area contributed by atoms with Crippen LogP contribution in [0.5, 0.6) is 0 Å². The largest absolute Gasteiger partial charge is 0.394 e. The summed E-state index contributed by atoms with van der Waals surface area (Å²) in [5, 5.41) is 14.6. The van der Waals surface area contributed by atoms with Gasteiger partial charge in [-0.05, 0) is 32.6 Å². The van der Waals surface area contributed by atoms with E-state index in [0.717, 1.165) is 6.42 Å². The summed E-state index contributed by atoms with van der Waals surface area (Å²) in [6, 6.07) is -0.970. The summed E-state index contributed by atoms with van der Waals surface area (Å²) in [4.78, 5) is 11.9. The van der Waals surface area contributed by atoms with Crippen LogP contribution in [-0.4, -0.2) is 35.5 Å². The number of hydrogen-bond donors (Lipinski definition) is 3. The molecule has 0 heterocycles. The number of amides is 2. The number of carbonyl (C=O) groups is 1. The number of halogens is 3. The van der Waals surface area contributed by atoms with Gasteiger partial charge in [-0.3, -0.25) is 0 Å². The van der Waals surface area contributed by atoms with Crippen LogP contribution in [0.15, 0.2) is 0 Å². The maximum Gasteiger partial charge on any atom is 0.391 e. The molecule has 1 aliphatic carbocycles. The summed E-state index contributed by atoms with van der Waals surface area (Å²) in [5.74, 6) is -1.34. The van der Waals surface area contributed by atoms with Gasteiger partial charge < -0.3 is 15.7 Å². The zero-order valence-corrected chi connectivity index (χ0v) is 12.6. The fourth-order valence-electron chi connectivity index (χ4n) is 2.85. The van der Waals surface area contributed by atoms with Crippen LogP contribution in [-0.2, 0) is 0 Å². The van der Waals surface area contributed by atoms with Gasteiger partial charge in [-0.1, -0.05) is 19.8 Å². The quantitative estimate of drug-likeness (QED) is 0.731. The van der Waals surface area contributed by atoms with Crippen molar-refractivity contribution in [3.05, 3.63) is 0 Å². The molecule has 124 valence electrons. The van der Waals surface area contributed by atoms with Gasteiger partial charge in [0.2, 0.25) is 0 Å². The molecule has 0 aromatic rings. The molecular formula is C14H25F3N2O2. The Morgan fingerprint density at radius 1 is 1.33 bits per heavy atom. The predicted octanol–water partition coefficient (Wildman–Crippen LogP) is 2.96. The molecule has 1 rings (SSSR count). The van der Waals surface area contributed by atoms with Crippen LogP contribution in [0.2, 0.25) is 0 Å². The molecule has 1 fully saturated rings. The second-order valence-electron chi connectivity index (χ2n) is 6.17. The highest BCUT2D eigenvalue weighted by atomic mass is 19.4. The molecule has 1 saturated carbocycles. The van der Waals surface area contributed by atoms with Crippen LogP contribution in [0.1, 0.15) is 52.4 Å². The average Bonchev–Trinajstić information content (AvgIpc) is 2.38. The van der Waals surface area contributed by atoms with Crippen LogP contribution >= 0.6 is 0 Å². The van der Waals surface area contributed by atoms with Crippen LogP contribution in [0.4, 0.5) is 18.0 Å². The first-order valence-electron chi connectivity index (χ1n) is 7.46. The summed E-state index contributed by atoms with van der Waals surface area (Å²) in [7, 11) is 0. The lowest BCUT2D eigenvalue weighted by molar-refractivity contribution is -0.183. The Morgan fingerprint density at radius 3 is 2.52 bits per heavy atom. The number of aliphatic hydroxyl groups excluding tert-OH is 1. The van der Waals surface area contributed by atoms with Crippen LogP contribution in [0, 0.1) is 5.92 Å². The van der Waals surface area contributed by atoms with Crippen LogP contribution in [0.3, 0.4) is 0 Å². The van der Waals surface area contributed by atoms with Crippen LogP contribution < -0.4 is 10.6 Å². The van der Waals surface area contributed by atoms with Crippen molar-refractivity contribution < 1.29 is 23.1 Å². The lowest BCUT2D eigenvalue weighted by atomic mass is 9.85. The standard InChI is InChI=1S/C14H25F3N2O2/c1-3-7-13(2,9-20)19-12(21)18-11-6-4-5-10(8-11)14(15,16)17/h10-11,20H,3-9H2,1-2H3,(H2,18,19,21). The number of carbonyl (C=O) groups excluding carboxylic acids is 1. The molecule has 0 radical (unpaired) electrons. The smallest absolute Gasteiger partial charge is 0.391 e. The molecule has 4 nitrogen and oxygen atoms in total. The minimum absolute atomic E-state index is 0.0689. The van der Waals surface area contributed by atoms with Gasteiger partial charge in [-0.15, -0.1) is 0 Å². The fraction of sp³-hybridized carbons (Fsp3) is 0.929. The molecule has 21 heavy (non-hydrogen) atoms. The van der Waals surface area contributed by atoms with E-state index in [-0.39, 0.29) is 19.4 Å². The van der Waals surface area contributed by atoms with Gasteiger partial charge in [0.1, 0.15) is 0 Å². The third-order valence-electron chi connectivity index (χ3n) is 4.04. The lowest BCUT2D eigenvalue weighted by Crippen LogP contribution is -2.55. The van der Waals surface area contributed by atoms with Gasteiger partial charge in [-0.2, -0.15) is 13.2 Å². The highest BCUT2D eigenvalue weighted by molar-refractivity contribution is 5.75. The number of rotatable bonds is 5. The van der Waals surface area contributed by atoms with Crippen molar-refractivity contribution in [3.8, 4) is 0 Å². The SMILES string of the molecule is CCCC(C)(CO)NC(=O)NC1CCCC(C(F)(F)F)C1. The summed E-state index contributed by atoms with van der Waals surface area (Å²) in [6.07, 6.45) is -1.72. The molecule has 1 aliphatic rings. The first-order valence-corrected chi connectivity index (χ1v) is 7.46. The van der Waals surface area contributed by atoms with E-state index >= 15 is 0 Å². The topological polar surface area (TPSA) is 61.4 Å². The Balaban J connectivity index is 2.51. The Morgan fingerprint density at radius 2 is 2.00 bits per heavy atom. The Hall–Kier alpha value is -0.980. The monoisotopic (exact) mass is 310 g/mol. The van der Waals surface area contributed by atoms with Gasteiger partial charge in [0.05, 0.1) is 18.1 Å². The second-order valence-corrected chi connectivity index (χ2v) is 6.17. The van der Waals surface area contributed by atoms with E-state index in [1.54, 1.807) is 6.92 Å². The van der Waals surface area contributed by atoms with Gasteiger partial charge >= 0.3 is 12.2 Å². The van der Waals surface area contributed by atoms with Crippen molar-refractivity contribution in [2.24, 2.45) is 5.92 Å². The molecule has 2 amide bonds.